The highest BCUT2D eigenvalue weighted by atomic mass is 35.5. The first kappa shape index (κ1) is 16.5. The SMILES string of the molecule is CC1CCN(CCCNC(=O)c2cc(Cl)ncc2Cl)CC1. The van der Waals surface area contributed by atoms with Gasteiger partial charge in [-0.15, -0.1) is 0 Å². The monoisotopic (exact) mass is 329 g/mol. The number of rotatable bonds is 5. The lowest BCUT2D eigenvalue weighted by atomic mass is 9.99. The molecule has 0 atom stereocenters. The van der Waals surface area contributed by atoms with Crippen molar-refractivity contribution in [1.29, 1.82) is 0 Å². The van der Waals surface area contributed by atoms with Gasteiger partial charge >= 0.3 is 0 Å². The van der Waals surface area contributed by atoms with E-state index in [-0.39, 0.29) is 11.1 Å². The molecule has 1 N–H and O–H groups in total. The van der Waals surface area contributed by atoms with Crippen LogP contribution in [0.4, 0.5) is 0 Å². The van der Waals surface area contributed by atoms with Crippen molar-refractivity contribution in [2.45, 2.75) is 26.2 Å². The fraction of sp³-hybridized carbons (Fsp3) is 0.600. The van der Waals surface area contributed by atoms with E-state index in [1.54, 1.807) is 0 Å². The first-order valence-corrected chi connectivity index (χ1v) is 8.13. The van der Waals surface area contributed by atoms with Gasteiger partial charge < -0.3 is 10.2 Å². The van der Waals surface area contributed by atoms with Crippen molar-refractivity contribution in [2.24, 2.45) is 5.92 Å². The summed E-state index contributed by atoms with van der Waals surface area (Å²) in [6, 6.07) is 1.49. The number of hydrogen-bond donors (Lipinski definition) is 1. The molecule has 0 saturated carbocycles. The predicted molar refractivity (Wildman–Crippen MR) is 86.0 cm³/mol. The number of amides is 1. The molecule has 21 heavy (non-hydrogen) atoms. The zero-order valence-electron chi connectivity index (χ0n) is 12.2. The minimum atomic E-state index is -0.198. The zero-order chi connectivity index (χ0) is 15.2. The van der Waals surface area contributed by atoms with Crippen LogP contribution in [0.1, 0.15) is 36.5 Å². The molecular weight excluding hydrogens is 309 g/mol. The number of likely N-dealkylation sites (tertiary alicyclic amines) is 1. The maximum Gasteiger partial charge on any atom is 0.252 e. The number of halogens is 2. The fourth-order valence-corrected chi connectivity index (χ4v) is 2.82. The van der Waals surface area contributed by atoms with Gasteiger partial charge in [0.2, 0.25) is 0 Å². The topological polar surface area (TPSA) is 45.2 Å². The second-order valence-electron chi connectivity index (χ2n) is 5.62. The maximum atomic E-state index is 12.0. The largest absolute Gasteiger partial charge is 0.352 e. The van der Waals surface area contributed by atoms with Crippen LogP contribution in [0, 0.1) is 5.92 Å². The molecule has 0 spiro atoms. The van der Waals surface area contributed by atoms with Crippen molar-refractivity contribution in [3.63, 3.8) is 0 Å². The highest BCUT2D eigenvalue weighted by Gasteiger charge is 2.15. The Morgan fingerprint density at radius 3 is 2.86 bits per heavy atom. The van der Waals surface area contributed by atoms with E-state index >= 15 is 0 Å². The molecule has 2 rings (SSSR count). The minimum absolute atomic E-state index is 0.198. The van der Waals surface area contributed by atoms with E-state index in [0.717, 1.165) is 18.9 Å². The number of piperidine rings is 1. The van der Waals surface area contributed by atoms with Crippen LogP contribution in [0.2, 0.25) is 10.2 Å². The first-order chi connectivity index (χ1) is 10.1. The maximum absolute atomic E-state index is 12.0. The third-order valence-corrected chi connectivity index (χ3v) is 4.39. The average Bonchev–Trinajstić information content (AvgIpc) is 2.47. The summed E-state index contributed by atoms with van der Waals surface area (Å²) < 4.78 is 0. The smallest absolute Gasteiger partial charge is 0.252 e. The zero-order valence-corrected chi connectivity index (χ0v) is 13.8. The van der Waals surface area contributed by atoms with E-state index < -0.39 is 0 Å². The van der Waals surface area contributed by atoms with Gasteiger partial charge in [0.15, 0.2) is 0 Å². The average molecular weight is 330 g/mol. The predicted octanol–water partition coefficient (Wildman–Crippen LogP) is 3.24. The van der Waals surface area contributed by atoms with Crippen LogP contribution in [-0.4, -0.2) is 42.0 Å². The van der Waals surface area contributed by atoms with E-state index in [2.05, 4.69) is 22.1 Å². The van der Waals surface area contributed by atoms with Gasteiger partial charge in [0.25, 0.3) is 5.91 Å². The summed E-state index contributed by atoms with van der Waals surface area (Å²) in [4.78, 5) is 18.3. The number of pyridine rings is 1. The molecule has 1 aromatic heterocycles. The van der Waals surface area contributed by atoms with Crippen molar-refractivity contribution in [2.75, 3.05) is 26.2 Å². The molecule has 0 unspecified atom stereocenters. The Balaban J connectivity index is 1.71. The highest BCUT2D eigenvalue weighted by molar-refractivity contribution is 6.35. The van der Waals surface area contributed by atoms with Crippen LogP contribution in [0.15, 0.2) is 12.3 Å². The van der Waals surface area contributed by atoms with Crippen LogP contribution < -0.4 is 5.32 Å². The number of carbonyl (C=O) groups excluding carboxylic acids is 1. The standard InChI is InChI=1S/C15H21Cl2N3O/c1-11-3-7-20(8-4-11)6-2-5-18-15(21)12-9-14(17)19-10-13(12)16/h9-11H,2-8H2,1H3,(H,18,21). The van der Waals surface area contributed by atoms with Gasteiger partial charge in [0.1, 0.15) is 5.15 Å². The van der Waals surface area contributed by atoms with E-state index in [9.17, 15) is 4.79 Å². The van der Waals surface area contributed by atoms with Crippen molar-refractivity contribution >= 4 is 29.1 Å². The first-order valence-electron chi connectivity index (χ1n) is 7.38. The van der Waals surface area contributed by atoms with Crippen molar-refractivity contribution in [1.82, 2.24) is 15.2 Å². The quantitative estimate of drug-likeness (QED) is 0.666. The van der Waals surface area contributed by atoms with Gasteiger partial charge in [-0.2, -0.15) is 0 Å². The number of carbonyl (C=O) groups is 1. The molecule has 116 valence electrons. The Bertz CT molecular complexity index is 488. The van der Waals surface area contributed by atoms with Crippen LogP contribution in [-0.2, 0) is 0 Å². The Morgan fingerprint density at radius 1 is 1.43 bits per heavy atom. The molecule has 1 aliphatic heterocycles. The summed E-state index contributed by atoms with van der Waals surface area (Å²) in [5.74, 6) is 0.649. The molecule has 2 heterocycles. The highest BCUT2D eigenvalue weighted by Crippen LogP contribution is 2.18. The van der Waals surface area contributed by atoms with Gasteiger partial charge in [-0.25, -0.2) is 4.98 Å². The molecule has 0 aliphatic carbocycles. The molecule has 1 aromatic rings. The molecular formula is C15H21Cl2N3O. The summed E-state index contributed by atoms with van der Waals surface area (Å²) in [5.41, 5.74) is 0.378. The van der Waals surface area contributed by atoms with E-state index in [1.807, 2.05) is 0 Å². The second-order valence-corrected chi connectivity index (χ2v) is 6.41. The normalized spacial score (nSPS) is 16.9. The van der Waals surface area contributed by atoms with Gasteiger partial charge in [-0.3, -0.25) is 4.79 Å². The van der Waals surface area contributed by atoms with Crippen molar-refractivity contribution < 1.29 is 4.79 Å². The number of hydrogen-bond acceptors (Lipinski definition) is 3. The molecule has 0 radical (unpaired) electrons. The number of nitrogens with zero attached hydrogens (tertiary/aromatic N) is 2. The third kappa shape index (κ3) is 5.13. The van der Waals surface area contributed by atoms with Crippen LogP contribution in [0.3, 0.4) is 0 Å². The van der Waals surface area contributed by atoms with Gasteiger partial charge in [-0.1, -0.05) is 30.1 Å². The second kappa shape index (κ2) is 7.97. The van der Waals surface area contributed by atoms with Gasteiger partial charge in [0, 0.05) is 12.7 Å². The Labute approximate surface area is 135 Å². The molecule has 1 amide bonds. The Morgan fingerprint density at radius 2 is 2.14 bits per heavy atom. The number of nitrogens with one attached hydrogen (secondary N) is 1. The van der Waals surface area contributed by atoms with Gasteiger partial charge in [-0.05, 0) is 50.9 Å². The third-order valence-electron chi connectivity index (χ3n) is 3.88. The summed E-state index contributed by atoms with van der Waals surface area (Å²) in [5, 5.41) is 3.47. The molecule has 1 aliphatic rings. The summed E-state index contributed by atoms with van der Waals surface area (Å²) in [6.45, 7) is 6.31. The molecule has 1 fully saturated rings. The van der Waals surface area contributed by atoms with Crippen molar-refractivity contribution in [3.8, 4) is 0 Å². The molecule has 0 bridgehead atoms. The summed E-state index contributed by atoms with van der Waals surface area (Å²) in [7, 11) is 0. The van der Waals surface area contributed by atoms with E-state index in [1.165, 1.54) is 38.2 Å². The van der Waals surface area contributed by atoms with Gasteiger partial charge in [0.05, 0.1) is 10.6 Å². The van der Waals surface area contributed by atoms with Crippen LogP contribution >= 0.6 is 23.2 Å². The van der Waals surface area contributed by atoms with E-state index in [0.29, 0.717) is 17.1 Å². The summed E-state index contributed by atoms with van der Waals surface area (Å²) in [6.07, 6.45) is 4.89. The minimum Gasteiger partial charge on any atom is -0.352 e. The molecule has 0 aromatic carbocycles. The molecule has 1 saturated heterocycles. The lowest BCUT2D eigenvalue weighted by Crippen LogP contribution is -2.35. The van der Waals surface area contributed by atoms with Crippen LogP contribution in [0.25, 0.3) is 0 Å². The van der Waals surface area contributed by atoms with Crippen molar-refractivity contribution in [3.05, 3.63) is 28.0 Å². The Hall–Kier alpha value is -0.840. The lowest BCUT2D eigenvalue weighted by molar-refractivity contribution is 0.0950. The lowest BCUT2D eigenvalue weighted by Gasteiger charge is -2.30. The Kier molecular flexibility index (Phi) is 6.27. The molecule has 6 heteroatoms. The number of aromatic nitrogens is 1. The summed E-state index contributed by atoms with van der Waals surface area (Å²) >= 11 is 11.7. The molecule has 4 nitrogen and oxygen atoms in total. The van der Waals surface area contributed by atoms with Crippen LogP contribution in [0.5, 0.6) is 0 Å². The fourth-order valence-electron chi connectivity index (χ4n) is 2.47. The van der Waals surface area contributed by atoms with E-state index in [4.69, 9.17) is 23.2 Å².